The third-order valence-corrected chi connectivity index (χ3v) is 4.62. The molecule has 26 heavy (non-hydrogen) atoms. The van der Waals surface area contributed by atoms with Crippen molar-refractivity contribution in [2.45, 2.75) is 0 Å². The molecule has 0 fully saturated rings. The molecule has 6 heteroatoms. The summed E-state index contributed by atoms with van der Waals surface area (Å²) in [5.41, 5.74) is 2.72. The molecular weight excluding hydrogens is 346 g/mol. The van der Waals surface area contributed by atoms with E-state index in [2.05, 4.69) is 16.9 Å². The van der Waals surface area contributed by atoms with Gasteiger partial charge in [-0.1, -0.05) is 54.2 Å². The molecule has 0 atom stereocenters. The summed E-state index contributed by atoms with van der Waals surface area (Å²) in [5.74, 6) is -0.118. The number of hydrogen-bond donors (Lipinski definition) is 1. The zero-order chi connectivity index (χ0) is 18.4. The fourth-order valence-electron chi connectivity index (χ4n) is 2.54. The van der Waals surface area contributed by atoms with E-state index in [0.29, 0.717) is 11.7 Å². The van der Waals surface area contributed by atoms with E-state index in [-0.39, 0.29) is 11.7 Å². The van der Waals surface area contributed by atoms with Crippen LogP contribution in [0.5, 0.6) is 0 Å². The Bertz CT molecular complexity index is 931. The van der Waals surface area contributed by atoms with E-state index in [9.17, 15) is 4.79 Å². The van der Waals surface area contributed by atoms with Crippen molar-refractivity contribution in [2.75, 3.05) is 24.7 Å². The summed E-state index contributed by atoms with van der Waals surface area (Å²) in [7, 11) is 1.38. The summed E-state index contributed by atoms with van der Waals surface area (Å²) in [4.78, 5) is 20.7. The van der Waals surface area contributed by atoms with Gasteiger partial charge in [0.25, 0.3) is 0 Å². The molecule has 0 saturated heterocycles. The summed E-state index contributed by atoms with van der Waals surface area (Å²) in [6.45, 7) is 4.16. The molecule has 0 aliphatic carbocycles. The molecule has 3 rings (SSSR count). The third-order valence-electron chi connectivity index (χ3n) is 3.74. The normalized spacial score (nSPS) is 11.5. The van der Waals surface area contributed by atoms with Crippen LogP contribution in [-0.4, -0.2) is 35.5 Å². The number of aromatic nitrogens is 1. The van der Waals surface area contributed by atoms with E-state index in [1.165, 1.54) is 18.9 Å². The second-order valence-corrected chi connectivity index (χ2v) is 6.41. The van der Waals surface area contributed by atoms with E-state index in [0.717, 1.165) is 27.5 Å². The molecule has 0 amide bonds. The molecule has 0 radical (unpaired) electrons. The van der Waals surface area contributed by atoms with E-state index in [4.69, 9.17) is 9.72 Å². The summed E-state index contributed by atoms with van der Waals surface area (Å²) in [5, 5.41) is 6.03. The van der Waals surface area contributed by atoms with Crippen molar-refractivity contribution in [3.63, 3.8) is 0 Å². The smallest absolute Gasteiger partial charge is 0.316 e. The Kier molecular flexibility index (Phi) is 5.86. The fraction of sp³-hybridized carbons (Fsp3) is 0.150. The second-order valence-electron chi connectivity index (χ2n) is 5.45. The van der Waals surface area contributed by atoms with Crippen LogP contribution < -0.4 is 5.32 Å². The van der Waals surface area contributed by atoms with Crippen LogP contribution in [-0.2, 0) is 9.53 Å². The van der Waals surface area contributed by atoms with Crippen molar-refractivity contribution >= 4 is 50.4 Å². The Morgan fingerprint density at radius 2 is 1.81 bits per heavy atom. The number of thioether (sulfide) groups is 1. The maximum Gasteiger partial charge on any atom is 0.316 e. The highest BCUT2D eigenvalue weighted by Crippen LogP contribution is 2.31. The predicted molar refractivity (Wildman–Crippen MR) is 110 cm³/mol. The van der Waals surface area contributed by atoms with Gasteiger partial charge in [-0.15, -0.1) is 6.58 Å². The van der Waals surface area contributed by atoms with Crippen LogP contribution in [0, 0.1) is 0 Å². The van der Waals surface area contributed by atoms with Gasteiger partial charge >= 0.3 is 5.97 Å². The van der Waals surface area contributed by atoms with Gasteiger partial charge in [0.15, 0.2) is 5.17 Å². The summed E-state index contributed by atoms with van der Waals surface area (Å²) in [6, 6.07) is 15.9. The van der Waals surface area contributed by atoms with Gasteiger partial charge in [0, 0.05) is 10.8 Å². The summed E-state index contributed by atoms with van der Waals surface area (Å²) in [6.07, 6.45) is 1.71. The monoisotopic (exact) mass is 365 g/mol. The highest BCUT2D eigenvalue weighted by Gasteiger charge is 2.12. The first kappa shape index (κ1) is 17.9. The van der Waals surface area contributed by atoms with Crippen molar-refractivity contribution in [1.82, 2.24) is 4.98 Å². The summed E-state index contributed by atoms with van der Waals surface area (Å²) < 4.78 is 4.72. The van der Waals surface area contributed by atoms with Crippen molar-refractivity contribution in [1.29, 1.82) is 0 Å². The zero-order valence-electron chi connectivity index (χ0n) is 14.4. The maximum absolute atomic E-state index is 11.5. The minimum absolute atomic E-state index is 0.181. The first-order chi connectivity index (χ1) is 12.7. The molecule has 0 saturated carbocycles. The highest BCUT2D eigenvalue weighted by atomic mass is 32.2. The van der Waals surface area contributed by atoms with Gasteiger partial charge in [0.05, 0.1) is 36.1 Å². The van der Waals surface area contributed by atoms with Gasteiger partial charge in [0.1, 0.15) is 0 Å². The molecule has 1 N–H and O–H groups in total. The lowest BCUT2D eigenvalue weighted by molar-refractivity contribution is -0.137. The number of hydrogen-bond acceptors (Lipinski definition) is 5. The number of benzene rings is 2. The first-order valence-electron chi connectivity index (χ1n) is 8.12. The second kappa shape index (κ2) is 8.49. The van der Waals surface area contributed by atoms with Crippen LogP contribution in [0.2, 0.25) is 0 Å². The molecule has 0 bridgehead atoms. The number of ether oxygens (including phenoxy) is 1. The number of esters is 1. The molecule has 1 heterocycles. The Morgan fingerprint density at radius 3 is 2.38 bits per heavy atom. The number of nitrogens with one attached hydrogen (secondary N) is 1. The highest BCUT2D eigenvalue weighted by molar-refractivity contribution is 8.14. The predicted octanol–water partition coefficient (Wildman–Crippen LogP) is 4.25. The van der Waals surface area contributed by atoms with Crippen LogP contribution in [0.4, 0.5) is 5.69 Å². The standard InChI is InChI=1S/C20H19N3O2S/c1-3-12-21-20(26-13-18(24)25-2)23-19-14-8-4-6-10-16(14)22-17-11-7-5-9-15(17)19/h3-11H,1,12-13H2,2H3,(H,21,22,23). The molecule has 2 aromatic carbocycles. The molecule has 0 spiro atoms. The summed E-state index contributed by atoms with van der Waals surface area (Å²) >= 11 is 1.30. The van der Waals surface area contributed by atoms with Crippen LogP contribution in [0.3, 0.4) is 0 Å². The molecule has 0 unspecified atom stereocenters. The number of amidine groups is 1. The topological polar surface area (TPSA) is 63.6 Å². The number of fused-ring (bicyclic) bond motifs is 2. The Morgan fingerprint density at radius 1 is 1.19 bits per heavy atom. The fourth-order valence-corrected chi connectivity index (χ4v) is 3.25. The third kappa shape index (κ3) is 4.03. The lowest BCUT2D eigenvalue weighted by atomic mass is 10.1. The molecular formula is C20H19N3O2S. The van der Waals surface area contributed by atoms with Gasteiger partial charge in [-0.3, -0.25) is 9.79 Å². The molecule has 3 aromatic rings. The quantitative estimate of drug-likeness (QED) is 0.241. The Hall–Kier alpha value is -2.86. The molecule has 0 aliphatic rings. The van der Waals surface area contributed by atoms with Gasteiger partial charge in [0.2, 0.25) is 0 Å². The van der Waals surface area contributed by atoms with Crippen LogP contribution in [0.25, 0.3) is 21.8 Å². The Labute approximate surface area is 156 Å². The van der Waals surface area contributed by atoms with Crippen LogP contribution in [0.1, 0.15) is 0 Å². The number of pyridine rings is 1. The average Bonchev–Trinajstić information content (AvgIpc) is 2.69. The van der Waals surface area contributed by atoms with Gasteiger partial charge in [-0.2, -0.15) is 0 Å². The maximum atomic E-state index is 11.5. The first-order valence-corrected chi connectivity index (χ1v) is 9.11. The molecule has 0 aliphatic heterocycles. The van der Waals surface area contributed by atoms with E-state index in [1.54, 1.807) is 6.08 Å². The molecule has 132 valence electrons. The van der Waals surface area contributed by atoms with Crippen molar-refractivity contribution in [3.8, 4) is 0 Å². The van der Waals surface area contributed by atoms with Gasteiger partial charge in [-0.05, 0) is 12.1 Å². The number of para-hydroxylation sites is 2. The average molecular weight is 365 g/mol. The lowest BCUT2D eigenvalue weighted by Gasteiger charge is -2.14. The van der Waals surface area contributed by atoms with E-state index < -0.39 is 0 Å². The minimum Gasteiger partial charge on any atom is -0.468 e. The molecule has 1 aromatic heterocycles. The van der Waals surface area contributed by atoms with Crippen molar-refractivity contribution in [3.05, 3.63) is 61.2 Å². The van der Waals surface area contributed by atoms with Gasteiger partial charge in [-0.25, -0.2) is 4.98 Å². The lowest BCUT2D eigenvalue weighted by Crippen LogP contribution is -2.14. The van der Waals surface area contributed by atoms with E-state index in [1.807, 2.05) is 48.5 Å². The largest absolute Gasteiger partial charge is 0.468 e. The van der Waals surface area contributed by atoms with Crippen LogP contribution in [0.15, 0.2) is 66.2 Å². The number of anilines is 1. The van der Waals surface area contributed by atoms with Crippen molar-refractivity contribution < 1.29 is 9.53 Å². The van der Waals surface area contributed by atoms with Gasteiger partial charge < -0.3 is 10.1 Å². The number of nitrogens with zero attached hydrogens (tertiary/aromatic N) is 2. The number of carbonyl (C=O) groups excluding carboxylic acids is 1. The Balaban J connectivity index is 2.05. The minimum atomic E-state index is -0.299. The number of methoxy groups -OCH3 is 1. The van der Waals surface area contributed by atoms with E-state index >= 15 is 0 Å². The van der Waals surface area contributed by atoms with Crippen LogP contribution >= 0.6 is 11.8 Å². The zero-order valence-corrected chi connectivity index (χ0v) is 15.3. The number of carbonyl (C=O) groups is 1. The van der Waals surface area contributed by atoms with Crippen molar-refractivity contribution in [2.24, 2.45) is 4.99 Å². The number of aliphatic imine (C=N–C) groups is 1. The number of rotatable bonds is 5. The SMILES string of the molecule is C=CCN=C(Nc1c2ccccc2nc2ccccc12)SCC(=O)OC. The molecule has 5 nitrogen and oxygen atoms in total.